The normalized spacial score (nSPS) is 17.0. The summed E-state index contributed by atoms with van der Waals surface area (Å²) < 4.78 is 1.69. The molecule has 0 aromatic carbocycles. The number of carbonyl (C=O) groups excluding carboxylic acids is 2. The lowest BCUT2D eigenvalue weighted by Gasteiger charge is -2.12. The van der Waals surface area contributed by atoms with Crippen LogP contribution in [0.4, 0.5) is 0 Å². The minimum absolute atomic E-state index is 0.206. The predicted molar refractivity (Wildman–Crippen MR) is 99.2 cm³/mol. The highest BCUT2D eigenvalue weighted by atomic mass is 16.2. The Kier molecular flexibility index (Phi) is 4.73. The molecule has 2 aliphatic carbocycles. The zero-order chi connectivity index (χ0) is 17.9. The first-order valence-corrected chi connectivity index (χ1v) is 9.46. The summed E-state index contributed by atoms with van der Waals surface area (Å²) in [6.07, 6.45) is 11.8. The van der Waals surface area contributed by atoms with Gasteiger partial charge in [0.1, 0.15) is 0 Å². The minimum atomic E-state index is -0.243. The number of imidazole rings is 1. The van der Waals surface area contributed by atoms with Gasteiger partial charge in [-0.05, 0) is 57.1 Å². The Morgan fingerprint density at radius 2 is 2.08 bits per heavy atom. The molecule has 4 rings (SSSR count). The molecule has 6 heteroatoms. The van der Waals surface area contributed by atoms with Crippen LogP contribution in [0, 0.1) is 0 Å². The second kappa shape index (κ2) is 7.32. The molecule has 136 valence electrons. The SMILES string of the molecule is O=C(NC1CC1)c1nc(C(=O)NCCC2=CCCCC2)n2ccccc12. The van der Waals surface area contributed by atoms with Crippen molar-refractivity contribution in [3.05, 3.63) is 47.6 Å². The van der Waals surface area contributed by atoms with Crippen molar-refractivity contribution in [2.24, 2.45) is 0 Å². The van der Waals surface area contributed by atoms with Crippen LogP contribution < -0.4 is 10.6 Å². The van der Waals surface area contributed by atoms with Gasteiger partial charge in [0.2, 0.25) is 5.82 Å². The predicted octanol–water partition coefficient (Wildman–Crippen LogP) is 2.85. The molecule has 0 atom stereocenters. The third-order valence-corrected chi connectivity index (χ3v) is 5.00. The van der Waals surface area contributed by atoms with Gasteiger partial charge in [-0.2, -0.15) is 0 Å². The van der Waals surface area contributed by atoms with Crippen LogP contribution in [0.25, 0.3) is 5.52 Å². The fraction of sp³-hybridized carbons (Fsp3) is 0.450. The van der Waals surface area contributed by atoms with Gasteiger partial charge in [-0.25, -0.2) is 4.98 Å². The van der Waals surface area contributed by atoms with E-state index in [2.05, 4.69) is 21.7 Å². The maximum atomic E-state index is 12.6. The van der Waals surface area contributed by atoms with Crippen molar-refractivity contribution in [3.8, 4) is 0 Å². The Bertz CT molecular complexity index is 864. The van der Waals surface area contributed by atoms with Gasteiger partial charge in [0.25, 0.3) is 11.8 Å². The Morgan fingerprint density at radius 1 is 1.19 bits per heavy atom. The summed E-state index contributed by atoms with van der Waals surface area (Å²) in [4.78, 5) is 29.4. The van der Waals surface area contributed by atoms with Gasteiger partial charge < -0.3 is 10.6 Å². The lowest BCUT2D eigenvalue weighted by atomic mass is 9.97. The molecular formula is C20H24N4O2. The molecule has 2 aromatic heterocycles. The molecule has 0 saturated heterocycles. The Balaban J connectivity index is 1.48. The number of nitrogens with zero attached hydrogens (tertiary/aromatic N) is 2. The van der Waals surface area contributed by atoms with E-state index >= 15 is 0 Å². The van der Waals surface area contributed by atoms with E-state index in [1.165, 1.54) is 18.4 Å². The molecular weight excluding hydrogens is 328 g/mol. The molecule has 0 bridgehead atoms. The summed E-state index contributed by atoms with van der Waals surface area (Å²) >= 11 is 0. The first kappa shape index (κ1) is 16.8. The van der Waals surface area contributed by atoms with E-state index in [4.69, 9.17) is 0 Å². The number of carbonyl (C=O) groups is 2. The maximum Gasteiger partial charge on any atom is 0.287 e. The fourth-order valence-corrected chi connectivity index (χ4v) is 3.39. The highest BCUT2D eigenvalue weighted by Gasteiger charge is 2.27. The van der Waals surface area contributed by atoms with E-state index < -0.39 is 0 Å². The van der Waals surface area contributed by atoms with Gasteiger partial charge in [0, 0.05) is 18.8 Å². The highest BCUT2D eigenvalue weighted by molar-refractivity contribution is 6.02. The minimum Gasteiger partial charge on any atom is -0.349 e. The van der Waals surface area contributed by atoms with Crippen molar-refractivity contribution in [1.29, 1.82) is 0 Å². The van der Waals surface area contributed by atoms with Crippen molar-refractivity contribution in [1.82, 2.24) is 20.0 Å². The third-order valence-electron chi connectivity index (χ3n) is 5.00. The monoisotopic (exact) mass is 352 g/mol. The first-order valence-electron chi connectivity index (χ1n) is 9.46. The molecule has 26 heavy (non-hydrogen) atoms. The van der Waals surface area contributed by atoms with Gasteiger partial charge in [0.15, 0.2) is 5.69 Å². The standard InChI is InChI=1S/C20H24N4O2/c25-19(22-15-9-10-15)17-16-8-4-5-13-24(16)18(23-17)20(26)21-12-11-14-6-2-1-3-7-14/h4-6,8,13,15H,1-3,7,9-12H2,(H,21,26)(H,22,25). The molecule has 1 saturated carbocycles. The summed E-state index contributed by atoms with van der Waals surface area (Å²) in [5.74, 6) is -0.185. The number of amides is 2. The van der Waals surface area contributed by atoms with Gasteiger partial charge in [-0.1, -0.05) is 17.7 Å². The van der Waals surface area contributed by atoms with Gasteiger partial charge in [-0.3, -0.25) is 14.0 Å². The molecule has 0 radical (unpaired) electrons. The summed E-state index contributed by atoms with van der Waals surface area (Å²) in [6, 6.07) is 5.76. The quantitative estimate of drug-likeness (QED) is 0.785. The average Bonchev–Trinajstić information content (AvgIpc) is 3.39. The van der Waals surface area contributed by atoms with Crippen LogP contribution in [0.5, 0.6) is 0 Å². The molecule has 0 aliphatic heterocycles. The van der Waals surface area contributed by atoms with Gasteiger partial charge >= 0.3 is 0 Å². The number of hydrogen-bond acceptors (Lipinski definition) is 3. The topological polar surface area (TPSA) is 75.5 Å². The number of allylic oxidation sites excluding steroid dienone is 1. The van der Waals surface area contributed by atoms with Crippen LogP contribution in [0.1, 0.15) is 66.1 Å². The molecule has 0 spiro atoms. The van der Waals surface area contributed by atoms with E-state index in [1.807, 2.05) is 18.2 Å². The number of fused-ring (bicyclic) bond motifs is 1. The Labute approximate surface area is 152 Å². The molecule has 6 nitrogen and oxygen atoms in total. The van der Waals surface area contributed by atoms with Crippen molar-refractivity contribution in [2.45, 2.75) is 51.0 Å². The van der Waals surface area contributed by atoms with E-state index in [0.717, 1.165) is 32.1 Å². The smallest absolute Gasteiger partial charge is 0.287 e. The van der Waals surface area contributed by atoms with Crippen LogP contribution in [-0.2, 0) is 0 Å². The Morgan fingerprint density at radius 3 is 2.85 bits per heavy atom. The molecule has 0 unspecified atom stereocenters. The number of nitrogens with one attached hydrogen (secondary N) is 2. The number of aromatic nitrogens is 2. The number of hydrogen-bond donors (Lipinski definition) is 2. The van der Waals surface area contributed by atoms with Gasteiger partial charge in [0.05, 0.1) is 5.52 Å². The molecule has 2 N–H and O–H groups in total. The molecule has 2 aromatic rings. The lowest BCUT2D eigenvalue weighted by Crippen LogP contribution is -2.28. The van der Waals surface area contributed by atoms with E-state index in [0.29, 0.717) is 17.8 Å². The van der Waals surface area contributed by atoms with Crippen molar-refractivity contribution < 1.29 is 9.59 Å². The highest BCUT2D eigenvalue weighted by Crippen LogP contribution is 2.21. The second-order valence-electron chi connectivity index (χ2n) is 7.10. The summed E-state index contributed by atoms with van der Waals surface area (Å²) in [5.41, 5.74) is 2.40. The van der Waals surface area contributed by atoms with Crippen LogP contribution in [0.3, 0.4) is 0 Å². The lowest BCUT2D eigenvalue weighted by molar-refractivity contribution is 0.0943. The third kappa shape index (κ3) is 3.64. The van der Waals surface area contributed by atoms with E-state index in [1.54, 1.807) is 10.6 Å². The summed E-state index contributed by atoms with van der Waals surface area (Å²) in [6.45, 7) is 0.593. The van der Waals surface area contributed by atoms with Crippen LogP contribution >= 0.6 is 0 Å². The molecule has 2 aliphatic rings. The molecule has 2 amide bonds. The fourth-order valence-electron chi connectivity index (χ4n) is 3.39. The van der Waals surface area contributed by atoms with Crippen LogP contribution in [0.15, 0.2) is 36.0 Å². The Hall–Kier alpha value is -2.63. The van der Waals surface area contributed by atoms with Crippen LogP contribution in [-0.4, -0.2) is 33.8 Å². The van der Waals surface area contributed by atoms with Crippen molar-refractivity contribution in [3.63, 3.8) is 0 Å². The average molecular weight is 352 g/mol. The number of pyridine rings is 1. The van der Waals surface area contributed by atoms with Crippen molar-refractivity contribution in [2.75, 3.05) is 6.54 Å². The summed E-state index contributed by atoms with van der Waals surface area (Å²) in [5, 5.41) is 5.90. The zero-order valence-corrected chi connectivity index (χ0v) is 14.8. The zero-order valence-electron chi connectivity index (χ0n) is 14.8. The maximum absolute atomic E-state index is 12.6. The largest absolute Gasteiger partial charge is 0.349 e. The van der Waals surface area contributed by atoms with Crippen molar-refractivity contribution >= 4 is 17.3 Å². The first-order chi connectivity index (χ1) is 12.7. The molecule has 1 fully saturated rings. The van der Waals surface area contributed by atoms with E-state index in [9.17, 15) is 9.59 Å². The molecule has 2 heterocycles. The van der Waals surface area contributed by atoms with Gasteiger partial charge in [-0.15, -0.1) is 0 Å². The van der Waals surface area contributed by atoms with Crippen LogP contribution in [0.2, 0.25) is 0 Å². The number of rotatable bonds is 6. The summed E-state index contributed by atoms with van der Waals surface area (Å²) in [7, 11) is 0. The van der Waals surface area contributed by atoms with E-state index in [-0.39, 0.29) is 23.7 Å². The second-order valence-corrected chi connectivity index (χ2v) is 7.10.